The van der Waals surface area contributed by atoms with Crippen LogP contribution in [0, 0.1) is 0 Å². The van der Waals surface area contributed by atoms with Crippen LogP contribution in [0.1, 0.15) is 10.4 Å². The fourth-order valence-corrected chi connectivity index (χ4v) is 2.50. The largest absolute Gasteiger partial charge is 0.438 e. The van der Waals surface area contributed by atoms with E-state index in [9.17, 15) is 9.59 Å². The topological polar surface area (TPSA) is 106 Å². The molecule has 0 bridgehead atoms. The number of carbonyl (C=O) groups excluding carboxylic acids is 2. The first kappa shape index (κ1) is 18.4. The summed E-state index contributed by atoms with van der Waals surface area (Å²) in [5, 5.41) is 5.21. The first-order valence-electron chi connectivity index (χ1n) is 7.87. The second-order valence-corrected chi connectivity index (χ2v) is 6.35. The molecular weight excluding hydrogens is 412 g/mol. The van der Waals surface area contributed by atoms with Gasteiger partial charge in [-0.2, -0.15) is 0 Å². The number of carbonyl (C=O) groups is 2. The molecule has 0 aliphatic rings. The van der Waals surface area contributed by atoms with Gasteiger partial charge in [-0.3, -0.25) is 4.79 Å². The number of ether oxygens (including phenoxy) is 1. The van der Waals surface area contributed by atoms with Crippen LogP contribution in [0.2, 0.25) is 0 Å². The Kier molecular flexibility index (Phi) is 5.68. The van der Waals surface area contributed by atoms with Crippen LogP contribution in [-0.4, -0.2) is 16.9 Å². The predicted octanol–water partition coefficient (Wildman–Crippen LogP) is 4.38. The number of anilines is 2. The minimum atomic E-state index is -0.656. The molecular formula is C19H15BrN4O3. The normalized spacial score (nSPS) is 10.1. The zero-order chi connectivity index (χ0) is 19.2. The summed E-state index contributed by atoms with van der Waals surface area (Å²) in [6.07, 6.45) is 1.55. The van der Waals surface area contributed by atoms with Crippen LogP contribution in [-0.2, 0) is 0 Å². The fourth-order valence-electron chi connectivity index (χ4n) is 2.24. The molecule has 4 N–H and O–H groups in total. The number of hydrogen-bond acceptors (Lipinski definition) is 4. The standard InChI is InChI=1S/C19H15BrN4O3/c20-12-3-9-15(10-4-12)27-18-16(2-1-11-22-18)17(25)23-13-5-7-14(8-6-13)24-19(21)26/h1-11H,(H,23,25)(H3,21,24,26). The Hall–Kier alpha value is -3.39. The molecule has 0 aliphatic carbocycles. The number of amides is 3. The molecule has 0 saturated carbocycles. The Labute approximate surface area is 163 Å². The molecule has 3 amide bonds. The lowest BCUT2D eigenvalue weighted by atomic mass is 10.2. The Balaban J connectivity index is 1.75. The van der Waals surface area contributed by atoms with Crippen LogP contribution < -0.4 is 21.1 Å². The van der Waals surface area contributed by atoms with E-state index in [-0.39, 0.29) is 11.8 Å². The van der Waals surface area contributed by atoms with Gasteiger partial charge < -0.3 is 21.1 Å². The van der Waals surface area contributed by atoms with E-state index in [1.807, 2.05) is 12.1 Å². The monoisotopic (exact) mass is 426 g/mol. The maximum atomic E-state index is 12.6. The van der Waals surface area contributed by atoms with Crippen molar-refractivity contribution in [2.24, 2.45) is 5.73 Å². The van der Waals surface area contributed by atoms with E-state index in [0.717, 1.165) is 4.47 Å². The highest BCUT2D eigenvalue weighted by Gasteiger charge is 2.14. The molecule has 0 atom stereocenters. The minimum absolute atomic E-state index is 0.198. The summed E-state index contributed by atoms with van der Waals surface area (Å²) >= 11 is 3.36. The van der Waals surface area contributed by atoms with Crippen molar-refractivity contribution in [3.8, 4) is 11.6 Å². The number of halogens is 1. The Morgan fingerprint density at radius 3 is 2.19 bits per heavy atom. The van der Waals surface area contributed by atoms with Gasteiger partial charge in [0.15, 0.2) is 0 Å². The smallest absolute Gasteiger partial charge is 0.316 e. The highest BCUT2D eigenvalue weighted by molar-refractivity contribution is 9.10. The van der Waals surface area contributed by atoms with Crippen LogP contribution in [0.5, 0.6) is 11.6 Å². The van der Waals surface area contributed by atoms with Gasteiger partial charge in [-0.15, -0.1) is 0 Å². The second kappa shape index (κ2) is 8.33. The van der Waals surface area contributed by atoms with Gasteiger partial charge in [0.2, 0.25) is 5.88 Å². The number of primary amides is 1. The molecule has 8 heteroatoms. The van der Waals surface area contributed by atoms with Gasteiger partial charge in [-0.25, -0.2) is 9.78 Å². The van der Waals surface area contributed by atoms with Gasteiger partial charge in [-0.1, -0.05) is 15.9 Å². The number of hydrogen-bond donors (Lipinski definition) is 3. The van der Waals surface area contributed by atoms with E-state index < -0.39 is 6.03 Å². The zero-order valence-electron chi connectivity index (χ0n) is 14.0. The van der Waals surface area contributed by atoms with Gasteiger partial charge in [0.25, 0.3) is 5.91 Å². The molecule has 0 spiro atoms. The second-order valence-electron chi connectivity index (χ2n) is 5.43. The average Bonchev–Trinajstić information content (AvgIpc) is 2.65. The van der Waals surface area contributed by atoms with Gasteiger partial charge in [0.05, 0.1) is 0 Å². The van der Waals surface area contributed by atoms with E-state index >= 15 is 0 Å². The summed E-state index contributed by atoms with van der Waals surface area (Å²) < 4.78 is 6.65. The van der Waals surface area contributed by atoms with Crippen molar-refractivity contribution in [2.45, 2.75) is 0 Å². The van der Waals surface area contributed by atoms with Crippen molar-refractivity contribution in [3.63, 3.8) is 0 Å². The van der Waals surface area contributed by atoms with Crippen molar-refractivity contribution in [1.82, 2.24) is 4.98 Å². The molecule has 0 fully saturated rings. The van der Waals surface area contributed by atoms with Gasteiger partial charge in [0.1, 0.15) is 11.3 Å². The number of nitrogens with two attached hydrogens (primary N) is 1. The van der Waals surface area contributed by atoms with Crippen molar-refractivity contribution < 1.29 is 14.3 Å². The zero-order valence-corrected chi connectivity index (χ0v) is 15.6. The average molecular weight is 427 g/mol. The van der Waals surface area contributed by atoms with Gasteiger partial charge in [-0.05, 0) is 60.7 Å². The fraction of sp³-hybridized carbons (Fsp3) is 0. The third-order valence-electron chi connectivity index (χ3n) is 3.45. The van der Waals surface area contributed by atoms with Crippen molar-refractivity contribution in [3.05, 3.63) is 76.9 Å². The van der Waals surface area contributed by atoms with E-state index in [2.05, 4.69) is 31.5 Å². The summed E-state index contributed by atoms with van der Waals surface area (Å²) in [7, 11) is 0. The van der Waals surface area contributed by atoms with E-state index in [1.54, 1.807) is 54.7 Å². The molecule has 1 aromatic heterocycles. The SMILES string of the molecule is NC(=O)Nc1ccc(NC(=O)c2cccnc2Oc2ccc(Br)cc2)cc1. The van der Waals surface area contributed by atoms with E-state index in [0.29, 0.717) is 22.7 Å². The van der Waals surface area contributed by atoms with Crippen LogP contribution in [0.3, 0.4) is 0 Å². The van der Waals surface area contributed by atoms with E-state index in [4.69, 9.17) is 10.5 Å². The Morgan fingerprint density at radius 1 is 0.926 bits per heavy atom. The summed E-state index contributed by atoms with van der Waals surface area (Å²) in [6, 6.07) is 16.4. The lowest BCUT2D eigenvalue weighted by molar-refractivity contribution is 0.102. The molecule has 0 aliphatic heterocycles. The maximum absolute atomic E-state index is 12.6. The molecule has 3 rings (SSSR count). The van der Waals surface area contributed by atoms with Crippen molar-refractivity contribution in [2.75, 3.05) is 10.6 Å². The van der Waals surface area contributed by atoms with Gasteiger partial charge >= 0.3 is 6.03 Å². The molecule has 0 saturated heterocycles. The summed E-state index contributed by atoms with van der Waals surface area (Å²) in [6.45, 7) is 0. The maximum Gasteiger partial charge on any atom is 0.316 e. The van der Waals surface area contributed by atoms with Crippen LogP contribution in [0.25, 0.3) is 0 Å². The molecule has 7 nitrogen and oxygen atoms in total. The first-order chi connectivity index (χ1) is 13.0. The third-order valence-corrected chi connectivity index (χ3v) is 3.98. The van der Waals surface area contributed by atoms with Crippen molar-refractivity contribution >= 4 is 39.2 Å². The Morgan fingerprint density at radius 2 is 1.56 bits per heavy atom. The lowest BCUT2D eigenvalue weighted by Gasteiger charge is -2.11. The molecule has 0 radical (unpaired) electrons. The van der Waals surface area contributed by atoms with Crippen molar-refractivity contribution in [1.29, 1.82) is 0 Å². The quantitative estimate of drug-likeness (QED) is 0.562. The van der Waals surface area contributed by atoms with Gasteiger partial charge in [0, 0.05) is 22.0 Å². The number of aromatic nitrogens is 1. The number of nitrogens with one attached hydrogen (secondary N) is 2. The third kappa shape index (κ3) is 5.05. The molecule has 27 heavy (non-hydrogen) atoms. The highest BCUT2D eigenvalue weighted by Crippen LogP contribution is 2.25. The number of pyridine rings is 1. The summed E-state index contributed by atoms with van der Waals surface area (Å²) in [5.74, 6) is 0.392. The van der Waals surface area contributed by atoms with Crippen LogP contribution in [0.15, 0.2) is 71.3 Å². The number of urea groups is 1. The molecule has 136 valence electrons. The Bertz CT molecular complexity index is 959. The van der Waals surface area contributed by atoms with Crippen LogP contribution in [0.4, 0.5) is 16.2 Å². The lowest BCUT2D eigenvalue weighted by Crippen LogP contribution is -2.19. The summed E-state index contributed by atoms with van der Waals surface area (Å²) in [5.41, 5.74) is 6.43. The number of benzene rings is 2. The predicted molar refractivity (Wildman–Crippen MR) is 106 cm³/mol. The summed E-state index contributed by atoms with van der Waals surface area (Å²) in [4.78, 5) is 27.6. The molecule has 3 aromatic rings. The number of rotatable bonds is 5. The molecule has 0 unspecified atom stereocenters. The minimum Gasteiger partial charge on any atom is -0.438 e. The molecule has 2 aromatic carbocycles. The van der Waals surface area contributed by atoms with Crippen LogP contribution >= 0.6 is 15.9 Å². The van der Waals surface area contributed by atoms with E-state index in [1.165, 1.54) is 0 Å². The number of nitrogens with zero attached hydrogens (tertiary/aromatic N) is 1. The highest BCUT2D eigenvalue weighted by atomic mass is 79.9. The first-order valence-corrected chi connectivity index (χ1v) is 8.67. The molecule has 1 heterocycles.